The van der Waals surface area contributed by atoms with Gasteiger partial charge in [-0.25, -0.2) is 8.78 Å². The van der Waals surface area contributed by atoms with E-state index in [2.05, 4.69) is 6.92 Å². The molecular formula is C29H39F3O. The Bertz CT molecular complexity index is 871. The number of benzene rings is 2. The molecule has 2 aromatic rings. The Morgan fingerprint density at radius 1 is 0.758 bits per heavy atom. The zero-order valence-electron chi connectivity index (χ0n) is 20.3. The van der Waals surface area contributed by atoms with E-state index in [1.807, 2.05) is 6.07 Å². The van der Waals surface area contributed by atoms with Crippen molar-refractivity contribution in [2.75, 3.05) is 6.61 Å². The summed E-state index contributed by atoms with van der Waals surface area (Å²) in [5.74, 6) is -1.21. The van der Waals surface area contributed by atoms with Crippen molar-refractivity contribution in [1.82, 2.24) is 0 Å². The maximum atomic E-state index is 14.8. The summed E-state index contributed by atoms with van der Waals surface area (Å²) < 4.78 is 48.5. The van der Waals surface area contributed by atoms with Gasteiger partial charge in [0, 0.05) is 11.1 Å². The zero-order valence-corrected chi connectivity index (χ0v) is 20.3. The smallest absolute Gasteiger partial charge is 0.201 e. The molecule has 0 N–H and O–H groups in total. The molecule has 0 heterocycles. The van der Waals surface area contributed by atoms with Crippen molar-refractivity contribution >= 4 is 0 Å². The predicted octanol–water partition coefficient (Wildman–Crippen LogP) is 9.27. The van der Waals surface area contributed by atoms with Crippen molar-refractivity contribution in [2.45, 2.75) is 90.9 Å². The molecule has 33 heavy (non-hydrogen) atoms. The van der Waals surface area contributed by atoms with Gasteiger partial charge in [0.15, 0.2) is 11.6 Å². The van der Waals surface area contributed by atoms with E-state index in [1.165, 1.54) is 82.4 Å². The largest absolute Gasteiger partial charge is 0.491 e. The number of ether oxygens (including phenoxy) is 1. The quantitative estimate of drug-likeness (QED) is 0.287. The Balaban J connectivity index is 1.49. The standard InChI is InChI=1S/C29H39F3O/c1-3-5-6-7-8-9-21-10-12-22(13-11-21)14-15-23-16-17-24(26(30)20-23)25-18-19-27(33-4-2)29(32)28(25)31/h16-22H,3-15H2,1-2H3. The molecule has 0 spiro atoms. The molecule has 4 heteroatoms. The maximum absolute atomic E-state index is 14.8. The Morgan fingerprint density at radius 3 is 2.09 bits per heavy atom. The fraction of sp³-hybridized carbons (Fsp3) is 0.586. The van der Waals surface area contributed by atoms with Gasteiger partial charge in [-0.2, -0.15) is 4.39 Å². The van der Waals surface area contributed by atoms with Crippen LogP contribution in [-0.2, 0) is 6.42 Å². The molecule has 1 nitrogen and oxygen atoms in total. The lowest BCUT2D eigenvalue weighted by molar-refractivity contribution is 0.248. The molecule has 0 saturated heterocycles. The molecule has 0 atom stereocenters. The maximum Gasteiger partial charge on any atom is 0.201 e. The summed E-state index contributed by atoms with van der Waals surface area (Å²) in [6.45, 7) is 4.19. The number of aryl methyl sites for hydroxylation is 1. The third kappa shape index (κ3) is 7.25. The van der Waals surface area contributed by atoms with Gasteiger partial charge < -0.3 is 4.74 Å². The summed E-state index contributed by atoms with van der Waals surface area (Å²) in [5, 5.41) is 0. The molecule has 0 bridgehead atoms. The van der Waals surface area contributed by atoms with E-state index in [0.717, 1.165) is 24.3 Å². The van der Waals surface area contributed by atoms with Gasteiger partial charge in [-0.1, -0.05) is 83.3 Å². The van der Waals surface area contributed by atoms with Crippen LogP contribution >= 0.6 is 0 Å². The lowest BCUT2D eigenvalue weighted by Gasteiger charge is -2.28. The van der Waals surface area contributed by atoms with Crippen LogP contribution in [0.1, 0.15) is 90.0 Å². The predicted molar refractivity (Wildman–Crippen MR) is 130 cm³/mol. The number of unbranched alkanes of at least 4 members (excludes halogenated alkanes) is 4. The Hall–Kier alpha value is -1.97. The van der Waals surface area contributed by atoms with Crippen molar-refractivity contribution in [3.8, 4) is 16.9 Å². The highest BCUT2D eigenvalue weighted by Gasteiger charge is 2.21. The first-order chi connectivity index (χ1) is 16.0. The van der Waals surface area contributed by atoms with Crippen LogP contribution in [0.3, 0.4) is 0 Å². The van der Waals surface area contributed by atoms with Crippen molar-refractivity contribution in [3.63, 3.8) is 0 Å². The first kappa shape index (κ1) is 25.6. The fourth-order valence-corrected chi connectivity index (χ4v) is 5.16. The van der Waals surface area contributed by atoms with E-state index in [0.29, 0.717) is 5.92 Å². The average molecular weight is 461 g/mol. The van der Waals surface area contributed by atoms with Crippen LogP contribution in [0.25, 0.3) is 11.1 Å². The molecule has 1 aliphatic rings. The molecule has 0 aliphatic heterocycles. The van der Waals surface area contributed by atoms with Crippen LogP contribution in [0, 0.1) is 29.3 Å². The second-order valence-corrected chi connectivity index (χ2v) is 9.61. The Kier molecular flexibility index (Phi) is 10.1. The van der Waals surface area contributed by atoms with Gasteiger partial charge in [-0.05, 0) is 55.4 Å². The molecule has 0 aromatic heterocycles. The summed E-state index contributed by atoms with van der Waals surface area (Å²) in [7, 11) is 0. The SMILES string of the molecule is CCCCCCCC1CCC(CCc2ccc(-c3ccc(OCC)c(F)c3F)c(F)c2)CC1. The molecule has 1 fully saturated rings. The van der Waals surface area contributed by atoms with Gasteiger partial charge in [0.2, 0.25) is 5.82 Å². The van der Waals surface area contributed by atoms with E-state index in [-0.39, 0.29) is 23.5 Å². The molecule has 0 amide bonds. The molecule has 3 rings (SSSR count). The molecule has 0 radical (unpaired) electrons. The Morgan fingerprint density at radius 2 is 1.42 bits per heavy atom. The van der Waals surface area contributed by atoms with Crippen molar-refractivity contribution < 1.29 is 17.9 Å². The number of hydrogen-bond acceptors (Lipinski definition) is 1. The van der Waals surface area contributed by atoms with Gasteiger partial charge in [0.1, 0.15) is 5.82 Å². The van der Waals surface area contributed by atoms with Crippen LogP contribution < -0.4 is 4.74 Å². The van der Waals surface area contributed by atoms with Crippen molar-refractivity contribution in [2.24, 2.45) is 11.8 Å². The summed E-state index contributed by atoms with van der Waals surface area (Å²) >= 11 is 0. The molecule has 1 aliphatic carbocycles. The topological polar surface area (TPSA) is 9.23 Å². The minimum atomic E-state index is -1.07. The van der Waals surface area contributed by atoms with Crippen molar-refractivity contribution in [1.29, 1.82) is 0 Å². The van der Waals surface area contributed by atoms with Crippen LogP contribution in [0.5, 0.6) is 5.75 Å². The van der Waals surface area contributed by atoms with Crippen LogP contribution in [-0.4, -0.2) is 6.61 Å². The first-order valence-corrected chi connectivity index (χ1v) is 12.9. The van der Waals surface area contributed by atoms with Gasteiger partial charge >= 0.3 is 0 Å². The average Bonchev–Trinajstić information content (AvgIpc) is 2.82. The van der Waals surface area contributed by atoms with E-state index in [9.17, 15) is 13.2 Å². The normalized spacial score (nSPS) is 18.5. The molecule has 0 unspecified atom stereocenters. The minimum absolute atomic E-state index is 0.0759. The highest BCUT2D eigenvalue weighted by molar-refractivity contribution is 5.66. The highest BCUT2D eigenvalue weighted by Crippen LogP contribution is 2.35. The molecule has 1 saturated carbocycles. The second kappa shape index (κ2) is 13.1. The Labute approximate surface area is 197 Å². The van der Waals surface area contributed by atoms with Crippen molar-refractivity contribution in [3.05, 3.63) is 53.3 Å². The van der Waals surface area contributed by atoms with Gasteiger partial charge in [0.05, 0.1) is 6.61 Å². The number of halogens is 3. The summed E-state index contributed by atoms with van der Waals surface area (Å²) in [5.41, 5.74) is 0.923. The number of rotatable bonds is 12. The highest BCUT2D eigenvalue weighted by atomic mass is 19.2. The minimum Gasteiger partial charge on any atom is -0.491 e. The van der Waals surface area contributed by atoms with E-state index >= 15 is 0 Å². The lowest BCUT2D eigenvalue weighted by atomic mass is 9.77. The van der Waals surface area contributed by atoms with Crippen LogP contribution in [0.2, 0.25) is 0 Å². The molecule has 2 aromatic carbocycles. The second-order valence-electron chi connectivity index (χ2n) is 9.61. The van der Waals surface area contributed by atoms with Gasteiger partial charge in [0.25, 0.3) is 0 Å². The van der Waals surface area contributed by atoms with E-state index in [4.69, 9.17) is 4.74 Å². The zero-order chi connectivity index (χ0) is 23.6. The third-order valence-electron chi connectivity index (χ3n) is 7.19. The van der Waals surface area contributed by atoms with Gasteiger partial charge in [-0.3, -0.25) is 0 Å². The summed E-state index contributed by atoms with van der Waals surface area (Å²) in [6, 6.07) is 7.62. The lowest BCUT2D eigenvalue weighted by Crippen LogP contribution is -2.15. The first-order valence-electron chi connectivity index (χ1n) is 12.9. The molecule has 182 valence electrons. The van der Waals surface area contributed by atoms with Crippen LogP contribution in [0.15, 0.2) is 30.3 Å². The monoisotopic (exact) mass is 460 g/mol. The summed E-state index contributed by atoms with van der Waals surface area (Å²) in [4.78, 5) is 0. The van der Waals surface area contributed by atoms with E-state index < -0.39 is 17.5 Å². The fourth-order valence-electron chi connectivity index (χ4n) is 5.16. The molecular weight excluding hydrogens is 421 g/mol. The van der Waals surface area contributed by atoms with E-state index in [1.54, 1.807) is 13.0 Å². The summed E-state index contributed by atoms with van der Waals surface area (Å²) in [6.07, 6.45) is 15.3. The third-order valence-corrected chi connectivity index (χ3v) is 7.19. The van der Waals surface area contributed by atoms with Crippen LogP contribution in [0.4, 0.5) is 13.2 Å². The number of hydrogen-bond donors (Lipinski definition) is 0. The van der Waals surface area contributed by atoms with Gasteiger partial charge in [-0.15, -0.1) is 0 Å².